The number of nitrogens with one attached hydrogen (secondary N) is 2. The monoisotopic (exact) mass is 363 g/mol. The third-order valence-electron chi connectivity index (χ3n) is 4.35. The van der Waals surface area contributed by atoms with Gasteiger partial charge in [0.2, 0.25) is 5.91 Å². The van der Waals surface area contributed by atoms with E-state index in [0.29, 0.717) is 24.4 Å². The highest BCUT2D eigenvalue weighted by Crippen LogP contribution is 2.24. The van der Waals surface area contributed by atoms with E-state index in [1.54, 1.807) is 13.2 Å². The maximum atomic E-state index is 12.5. The molecule has 26 heavy (non-hydrogen) atoms. The third-order valence-corrected chi connectivity index (χ3v) is 4.35. The third kappa shape index (κ3) is 6.67. The summed E-state index contributed by atoms with van der Waals surface area (Å²) in [5.74, 6) is -0.161. The van der Waals surface area contributed by atoms with Crippen LogP contribution in [-0.2, 0) is 9.53 Å². The van der Waals surface area contributed by atoms with Crippen LogP contribution in [0.2, 0.25) is 0 Å². The van der Waals surface area contributed by atoms with Crippen molar-refractivity contribution in [2.75, 3.05) is 44.6 Å². The fraction of sp³-hybridized carbons (Fsp3) is 0.600. The SMILES string of the molecule is CCCC[C@@H](CC)C(=O)Nc1ccc(N(C)C)c(C(=O)NCCOC)c1. The first-order chi connectivity index (χ1) is 12.4. The van der Waals surface area contributed by atoms with Crippen molar-refractivity contribution in [2.45, 2.75) is 39.5 Å². The van der Waals surface area contributed by atoms with Crippen LogP contribution in [0, 0.1) is 5.92 Å². The molecule has 0 unspecified atom stereocenters. The van der Waals surface area contributed by atoms with Crippen LogP contribution < -0.4 is 15.5 Å². The van der Waals surface area contributed by atoms with Gasteiger partial charge in [-0.05, 0) is 31.0 Å². The van der Waals surface area contributed by atoms with E-state index in [4.69, 9.17) is 4.74 Å². The molecule has 2 amide bonds. The van der Waals surface area contributed by atoms with Crippen LogP contribution in [0.1, 0.15) is 49.9 Å². The van der Waals surface area contributed by atoms with Gasteiger partial charge in [-0.25, -0.2) is 0 Å². The molecule has 0 saturated heterocycles. The largest absolute Gasteiger partial charge is 0.383 e. The topological polar surface area (TPSA) is 70.7 Å². The lowest BCUT2D eigenvalue weighted by Crippen LogP contribution is -2.29. The molecule has 0 saturated carbocycles. The molecule has 0 aliphatic carbocycles. The second kappa shape index (κ2) is 11.5. The van der Waals surface area contributed by atoms with Gasteiger partial charge < -0.3 is 20.3 Å². The summed E-state index contributed by atoms with van der Waals surface area (Å²) in [6.45, 7) is 5.05. The first-order valence-electron chi connectivity index (χ1n) is 9.33. The zero-order valence-electron chi connectivity index (χ0n) is 16.7. The van der Waals surface area contributed by atoms with Gasteiger partial charge in [-0.2, -0.15) is 0 Å². The van der Waals surface area contributed by atoms with Gasteiger partial charge in [-0.1, -0.05) is 26.7 Å². The average Bonchev–Trinajstić information content (AvgIpc) is 2.62. The van der Waals surface area contributed by atoms with Gasteiger partial charge in [0.05, 0.1) is 12.2 Å². The Balaban J connectivity index is 2.94. The molecular formula is C20H33N3O3. The van der Waals surface area contributed by atoms with Gasteiger partial charge in [0.15, 0.2) is 0 Å². The van der Waals surface area contributed by atoms with E-state index in [2.05, 4.69) is 17.6 Å². The zero-order chi connectivity index (χ0) is 19.5. The van der Waals surface area contributed by atoms with Crippen molar-refractivity contribution in [3.05, 3.63) is 23.8 Å². The van der Waals surface area contributed by atoms with Crippen molar-refractivity contribution in [3.8, 4) is 0 Å². The molecule has 1 rings (SSSR count). The number of unbranched alkanes of at least 4 members (excludes halogenated alkanes) is 1. The molecule has 0 spiro atoms. The van der Waals surface area contributed by atoms with Crippen LogP contribution in [0.3, 0.4) is 0 Å². The van der Waals surface area contributed by atoms with Crippen molar-refractivity contribution < 1.29 is 14.3 Å². The number of nitrogens with zero attached hydrogens (tertiary/aromatic N) is 1. The minimum atomic E-state index is -0.181. The predicted molar refractivity (Wildman–Crippen MR) is 107 cm³/mol. The van der Waals surface area contributed by atoms with Crippen molar-refractivity contribution >= 4 is 23.2 Å². The molecule has 0 heterocycles. The number of carbonyl (C=O) groups excluding carboxylic acids is 2. The van der Waals surface area contributed by atoms with Crippen LogP contribution in [0.5, 0.6) is 0 Å². The molecule has 0 bridgehead atoms. The van der Waals surface area contributed by atoms with E-state index in [-0.39, 0.29) is 17.7 Å². The van der Waals surface area contributed by atoms with E-state index < -0.39 is 0 Å². The highest BCUT2D eigenvalue weighted by atomic mass is 16.5. The number of hydrogen-bond donors (Lipinski definition) is 2. The lowest BCUT2D eigenvalue weighted by Gasteiger charge is -2.19. The second-order valence-corrected chi connectivity index (χ2v) is 6.61. The van der Waals surface area contributed by atoms with Crippen LogP contribution >= 0.6 is 0 Å². The molecule has 6 nitrogen and oxygen atoms in total. The molecule has 6 heteroatoms. The van der Waals surface area contributed by atoms with Gasteiger partial charge in [0.1, 0.15) is 0 Å². The second-order valence-electron chi connectivity index (χ2n) is 6.61. The molecular weight excluding hydrogens is 330 g/mol. The predicted octanol–water partition coefficient (Wildman–Crippen LogP) is 3.28. The average molecular weight is 364 g/mol. The van der Waals surface area contributed by atoms with E-state index in [9.17, 15) is 9.59 Å². The fourth-order valence-corrected chi connectivity index (χ4v) is 2.76. The number of anilines is 2. The number of benzene rings is 1. The Bertz CT molecular complexity index is 588. The van der Waals surface area contributed by atoms with E-state index >= 15 is 0 Å². The van der Waals surface area contributed by atoms with Crippen LogP contribution in [0.25, 0.3) is 0 Å². The van der Waals surface area contributed by atoms with Crippen LogP contribution in [-0.4, -0.2) is 46.2 Å². The molecule has 0 aliphatic rings. The molecule has 1 atom stereocenters. The Morgan fingerprint density at radius 1 is 1.23 bits per heavy atom. The molecule has 0 aliphatic heterocycles. The summed E-state index contributed by atoms with van der Waals surface area (Å²) < 4.78 is 4.97. The summed E-state index contributed by atoms with van der Waals surface area (Å²) in [6.07, 6.45) is 3.82. The highest BCUT2D eigenvalue weighted by Gasteiger charge is 2.18. The lowest BCUT2D eigenvalue weighted by molar-refractivity contribution is -0.120. The van der Waals surface area contributed by atoms with Crippen molar-refractivity contribution in [3.63, 3.8) is 0 Å². The molecule has 1 aromatic rings. The quantitative estimate of drug-likeness (QED) is 0.592. The summed E-state index contributed by atoms with van der Waals surface area (Å²) in [5.41, 5.74) is 1.98. The summed E-state index contributed by atoms with van der Waals surface area (Å²) in [7, 11) is 5.37. The van der Waals surface area contributed by atoms with Crippen molar-refractivity contribution in [1.29, 1.82) is 0 Å². The standard InChI is InChI=1S/C20H33N3O3/c1-6-8-9-15(7-2)19(24)22-16-10-11-18(23(3)4)17(14-16)20(25)21-12-13-26-5/h10-11,14-15H,6-9,12-13H2,1-5H3,(H,21,25)(H,22,24)/t15-/m1/s1. The zero-order valence-corrected chi connectivity index (χ0v) is 16.7. The molecule has 146 valence electrons. The van der Waals surface area contributed by atoms with E-state index in [1.165, 1.54) is 0 Å². The van der Waals surface area contributed by atoms with Gasteiger partial charge >= 0.3 is 0 Å². The number of ether oxygens (including phenoxy) is 1. The number of carbonyl (C=O) groups is 2. The minimum Gasteiger partial charge on any atom is -0.383 e. The summed E-state index contributed by atoms with van der Waals surface area (Å²) in [4.78, 5) is 26.9. The Kier molecular flexibility index (Phi) is 9.73. The van der Waals surface area contributed by atoms with E-state index in [1.807, 2.05) is 38.1 Å². The Labute approximate surface area is 157 Å². The highest BCUT2D eigenvalue weighted by molar-refractivity contribution is 6.02. The minimum absolute atomic E-state index is 0.00227. The van der Waals surface area contributed by atoms with Gasteiger partial charge in [-0.3, -0.25) is 9.59 Å². The number of rotatable bonds is 11. The maximum absolute atomic E-state index is 12.5. The lowest BCUT2D eigenvalue weighted by atomic mass is 9.98. The summed E-state index contributed by atoms with van der Waals surface area (Å²) >= 11 is 0. The summed E-state index contributed by atoms with van der Waals surface area (Å²) in [6, 6.07) is 5.43. The van der Waals surface area contributed by atoms with Crippen molar-refractivity contribution in [1.82, 2.24) is 5.32 Å². The first-order valence-corrected chi connectivity index (χ1v) is 9.33. The van der Waals surface area contributed by atoms with E-state index in [0.717, 1.165) is 31.4 Å². The maximum Gasteiger partial charge on any atom is 0.253 e. The Hall–Kier alpha value is -2.08. The van der Waals surface area contributed by atoms with Gasteiger partial charge in [0.25, 0.3) is 5.91 Å². The first kappa shape index (κ1) is 22.0. The molecule has 0 fully saturated rings. The Morgan fingerprint density at radius 2 is 1.96 bits per heavy atom. The Morgan fingerprint density at radius 3 is 2.54 bits per heavy atom. The number of hydrogen-bond acceptors (Lipinski definition) is 4. The van der Waals surface area contributed by atoms with Gasteiger partial charge in [-0.15, -0.1) is 0 Å². The molecule has 0 radical (unpaired) electrons. The molecule has 1 aromatic carbocycles. The van der Waals surface area contributed by atoms with Crippen LogP contribution in [0.15, 0.2) is 18.2 Å². The molecule has 0 aromatic heterocycles. The number of amides is 2. The van der Waals surface area contributed by atoms with Crippen LogP contribution in [0.4, 0.5) is 11.4 Å². The summed E-state index contributed by atoms with van der Waals surface area (Å²) in [5, 5.41) is 5.80. The number of methoxy groups -OCH3 is 1. The smallest absolute Gasteiger partial charge is 0.253 e. The fourth-order valence-electron chi connectivity index (χ4n) is 2.76. The van der Waals surface area contributed by atoms with Crippen molar-refractivity contribution in [2.24, 2.45) is 5.92 Å². The van der Waals surface area contributed by atoms with Gasteiger partial charge in [0, 0.05) is 45.0 Å². The molecule has 2 N–H and O–H groups in total. The normalized spacial score (nSPS) is 11.7.